The number of hydrogen-bond donors (Lipinski definition) is 1. The minimum absolute atomic E-state index is 0.146. The monoisotopic (exact) mass is 173 g/mol. The van der Waals surface area contributed by atoms with Crippen LogP contribution >= 0.6 is 0 Å². The van der Waals surface area contributed by atoms with Crippen molar-refractivity contribution >= 4 is 6.09 Å². The Hall–Kier alpha value is -0.770. The molecule has 1 saturated heterocycles. The van der Waals surface area contributed by atoms with Gasteiger partial charge in [0.05, 0.1) is 6.61 Å². The van der Waals surface area contributed by atoms with Gasteiger partial charge in [-0.25, -0.2) is 4.79 Å². The Balaban J connectivity index is 2.01. The van der Waals surface area contributed by atoms with Gasteiger partial charge in [0.25, 0.3) is 0 Å². The molecule has 2 unspecified atom stereocenters. The topological polar surface area (TPSA) is 50.9 Å². The quantitative estimate of drug-likeness (QED) is 0.643. The number of ether oxygens (including phenoxy) is 2. The van der Waals surface area contributed by atoms with E-state index >= 15 is 0 Å². The summed E-state index contributed by atoms with van der Waals surface area (Å²) in [5.74, 6) is 0. The molecule has 12 heavy (non-hydrogen) atoms. The molecule has 0 aromatic rings. The smallest absolute Gasteiger partial charge is 0.407 e. The molecule has 0 aromatic heterocycles. The number of amides is 1. The van der Waals surface area contributed by atoms with E-state index in [4.69, 9.17) is 9.47 Å². The number of hydrogen-bond acceptors (Lipinski definition) is 3. The lowest BCUT2D eigenvalue weighted by Crippen LogP contribution is -2.33. The van der Waals surface area contributed by atoms with Gasteiger partial charge in [-0.3, -0.25) is 0 Å². The molecule has 1 heterocycles. The van der Waals surface area contributed by atoms with Gasteiger partial charge in [-0.2, -0.15) is 0 Å². The predicted molar refractivity (Wildman–Crippen MR) is 44.0 cm³/mol. The molecular formula is C8H15NO3. The average Bonchev–Trinajstić information content (AvgIpc) is 2.83. The van der Waals surface area contributed by atoms with Gasteiger partial charge in [0.1, 0.15) is 12.7 Å². The van der Waals surface area contributed by atoms with E-state index in [1.54, 1.807) is 0 Å². The second-order valence-electron chi connectivity index (χ2n) is 3.01. The molecule has 70 valence electrons. The summed E-state index contributed by atoms with van der Waals surface area (Å²) < 4.78 is 9.75. The highest BCUT2D eigenvalue weighted by Gasteiger charge is 2.24. The fourth-order valence-corrected chi connectivity index (χ4v) is 0.678. The summed E-state index contributed by atoms with van der Waals surface area (Å²) in [7, 11) is 0. The summed E-state index contributed by atoms with van der Waals surface area (Å²) in [6, 6.07) is 0.178. The first-order chi connectivity index (χ1) is 5.72. The number of carbonyl (C=O) groups excluding carboxylic acids is 1. The van der Waals surface area contributed by atoms with Crippen LogP contribution in [0.4, 0.5) is 4.79 Å². The van der Waals surface area contributed by atoms with Gasteiger partial charge < -0.3 is 14.8 Å². The zero-order valence-electron chi connectivity index (χ0n) is 7.50. The largest absolute Gasteiger partial charge is 0.447 e. The molecular weight excluding hydrogens is 158 g/mol. The van der Waals surface area contributed by atoms with E-state index in [0.29, 0.717) is 6.61 Å². The molecule has 0 aromatic carbocycles. The Bertz CT molecular complexity index is 156. The molecule has 1 aliphatic heterocycles. The van der Waals surface area contributed by atoms with Crippen molar-refractivity contribution in [2.75, 3.05) is 13.2 Å². The molecule has 0 spiro atoms. The number of epoxide rings is 1. The van der Waals surface area contributed by atoms with Crippen molar-refractivity contribution in [2.24, 2.45) is 0 Å². The van der Waals surface area contributed by atoms with Crippen molar-refractivity contribution in [2.45, 2.75) is 32.4 Å². The molecule has 1 N–H and O–H groups in total. The average molecular weight is 173 g/mol. The lowest BCUT2D eigenvalue weighted by Gasteiger charge is -2.10. The number of carbonyl (C=O) groups is 1. The molecule has 1 amide bonds. The summed E-state index contributed by atoms with van der Waals surface area (Å²) in [4.78, 5) is 11.0. The predicted octanol–water partition coefficient (Wildman–Crippen LogP) is 0.910. The minimum Gasteiger partial charge on any atom is -0.447 e. The van der Waals surface area contributed by atoms with Crippen LogP contribution in [0.3, 0.4) is 0 Å². The first-order valence-corrected chi connectivity index (χ1v) is 4.27. The summed E-state index contributed by atoms with van der Waals surface area (Å²) in [5, 5.41) is 2.70. The van der Waals surface area contributed by atoms with Crippen molar-refractivity contribution in [1.82, 2.24) is 5.32 Å². The summed E-state index contributed by atoms with van der Waals surface area (Å²) in [6.45, 7) is 5.04. The van der Waals surface area contributed by atoms with Crippen LogP contribution in [0.1, 0.15) is 20.3 Å². The van der Waals surface area contributed by atoms with Crippen LogP contribution in [0.5, 0.6) is 0 Å². The molecule has 0 saturated carbocycles. The van der Waals surface area contributed by atoms with Crippen molar-refractivity contribution < 1.29 is 14.3 Å². The molecule has 1 aliphatic rings. The second-order valence-corrected chi connectivity index (χ2v) is 3.01. The third-order valence-electron chi connectivity index (χ3n) is 1.78. The maximum absolute atomic E-state index is 11.0. The Kier molecular flexibility index (Phi) is 3.34. The number of alkyl carbamates (subject to hydrolysis) is 1. The van der Waals surface area contributed by atoms with Gasteiger partial charge in [0.2, 0.25) is 0 Å². The Morgan fingerprint density at radius 2 is 2.50 bits per heavy atom. The third kappa shape index (κ3) is 3.57. The summed E-state index contributed by atoms with van der Waals surface area (Å²) in [5.41, 5.74) is 0. The number of rotatable bonds is 4. The Labute approximate surface area is 72.2 Å². The SMILES string of the molecule is CCC(C)NC(=O)OCC1CO1. The molecule has 0 aliphatic carbocycles. The van der Waals surface area contributed by atoms with Gasteiger partial charge in [-0.15, -0.1) is 0 Å². The molecule has 2 atom stereocenters. The van der Waals surface area contributed by atoms with Crippen LogP contribution in [0, 0.1) is 0 Å². The summed E-state index contributed by atoms with van der Waals surface area (Å²) >= 11 is 0. The second kappa shape index (κ2) is 4.30. The molecule has 0 bridgehead atoms. The van der Waals surface area contributed by atoms with Gasteiger partial charge in [-0.1, -0.05) is 6.92 Å². The van der Waals surface area contributed by atoms with E-state index in [1.807, 2.05) is 13.8 Å². The van der Waals surface area contributed by atoms with Gasteiger partial charge in [0, 0.05) is 6.04 Å². The van der Waals surface area contributed by atoms with Crippen molar-refractivity contribution in [3.05, 3.63) is 0 Å². The standard InChI is InChI=1S/C8H15NO3/c1-3-6(2)9-8(10)12-5-7-4-11-7/h6-7H,3-5H2,1-2H3,(H,9,10). The lowest BCUT2D eigenvalue weighted by atomic mass is 10.3. The first-order valence-electron chi connectivity index (χ1n) is 4.27. The maximum Gasteiger partial charge on any atom is 0.407 e. The van der Waals surface area contributed by atoms with Crippen LogP contribution in [0.2, 0.25) is 0 Å². The van der Waals surface area contributed by atoms with E-state index < -0.39 is 0 Å². The summed E-state index contributed by atoms with van der Waals surface area (Å²) in [6.07, 6.45) is 0.710. The fourth-order valence-electron chi connectivity index (χ4n) is 0.678. The van der Waals surface area contributed by atoms with E-state index in [1.165, 1.54) is 0 Å². The van der Waals surface area contributed by atoms with Gasteiger partial charge >= 0.3 is 6.09 Å². The molecule has 0 radical (unpaired) electrons. The first kappa shape index (κ1) is 9.32. The Morgan fingerprint density at radius 1 is 1.83 bits per heavy atom. The van der Waals surface area contributed by atoms with Crippen LogP contribution in [0.15, 0.2) is 0 Å². The van der Waals surface area contributed by atoms with Gasteiger partial charge in [0.15, 0.2) is 0 Å². The normalized spacial score (nSPS) is 23.0. The van der Waals surface area contributed by atoms with Crippen molar-refractivity contribution in [1.29, 1.82) is 0 Å². The van der Waals surface area contributed by atoms with Crippen LogP contribution in [0.25, 0.3) is 0 Å². The maximum atomic E-state index is 11.0. The lowest BCUT2D eigenvalue weighted by molar-refractivity contribution is 0.133. The highest BCUT2D eigenvalue weighted by Crippen LogP contribution is 2.08. The van der Waals surface area contributed by atoms with E-state index in [2.05, 4.69) is 5.32 Å². The van der Waals surface area contributed by atoms with Crippen LogP contribution < -0.4 is 5.32 Å². The van der Waals surface area contributed by atoms with E-state index in [0.717, 1.165) is 13.0 Å². The van der Waals surface area contributed by atoms with E-state index in [9.17, 15) is 4.79 Å². The molecule has 4 heteroatoms. The van der Waals surface area contributed by atoms with Crippen molar-refractivity contribution in [3.63, 3.8) is 0 Å². The molecule has 4 nitrogen and oxygen atoms in total. The highest BCUT2D eigenvalue weighted by molar-refractivity contribution is 5.67. The van der Waals surface area contributed by atoms with E-state index in [-0.39, 0.29) is 18.2 Å². The zero-order valence-corrected chi connectivity index (χ0v) is 7.50. The van der Waals surface area contributed by atoms with Crippen LogP contribution in [-0.2, 0) is 9.47 Å². The zero-order chi connectivity index (χ0) is 8.97. The Morgan fingerprint density at radius 3 is 3.00 bits per heavy atom. The van der Waals surface area contributed by atoms with Gasteiger partial charge in [-0.05, 0) is 13.3 Å². The minimum atomic E-state index is -0.347. The molecule has 1 fully saturated rings. The highest BCUT2D eigenvalue weighted by atomic mass is 16.6. The fraction of sp³-hybridized carbons (Fsp3) is 0.875. The van der Waals surface area contributed by atoms with Crippen LogP contribution in [-0.4, -0.2) is 31.5 Å². The third-order valence-corrected chi connectivity index (χ3v) is 1.78. The molecule has 1 rings (SSSR count). The number of nitrogens with one attached hydrogen (secondary N) is 1. The van der Waals surface area contributed by atoms with Crippen molar-refractivity contribution in [3.8, 4) is 0 Å².